The van der Waals surface area contributed by atoms with Gasteiger partial charge in [-0.1, -0.05) is 0 Å². The maximum atomic E-state index is 5.22. The Balaban J connectivity index is 2.54. The van der Waals surface area contributed by atoms with E-state index in [0.29, 0.717) is 0 Å². The quantitative estimate of drug-likeness (QED) is 0.639. The van der Waals surface area contributed by atoms with E-state index in [0.717, 1.165) is 18.7 Å². The Morgan fingerprint density at radius 2 is 2.23 bits per heavy atom. The van der Waals surface area contributed by atoms with Crippen LogP contribution in [0.15, 0.2) is 17.1 Å². The number of hydrogen-bond acceptors (Lipinski definition) is 2. The molecule has 68 valence electrons. The van der Waals surface area contributed by atoms with Gasteiger partial charge in [0.25, 0.3) is 0 Å². The highest BCUT2D eigenvalue weighted by atomic mass is 16.5. The fourth-order valence-electron chi connectivity index (χ4n) is 1.69. The Hall–Kier alpha value is -1.31. The molecule has 0 aromatic heterocycles. The van der Waals surface area contributed by atoms with Crippen LogP contribution in [-0.4, -0.2) is 19.9 Å². The first-order valence-corrected chi connectivity index (χ1v) is 4.48. The van der Waals surface area contributed by atoms with Gasteiger partial charge in [0.05, 0.1) is 7.11 Å². The average molecular weight is 175 g/mol. The molecule has 0 radical (unpaired) electrons. The van der Waals surface area contributed by atoms with Gasteiger partial charge >= 0.3 is 0 Å². The highest BCUT2D eigenvalue weighted by Crippen LogP contribution is 2.23. The van der Waals surface area contributed by atoms with Crippen molar-refractivity contribution in [3.05, 3.63) is 28.8 Å². The van der Waals surface area contributed by atoms with Crippen molar-refractivity contribution in [1.29, 1.82) is 0 Å². The molecule has 0 bridgehead atoms. The lowest BCUT2D eigenvalue weighted by Crippen LogP contribution is -2.05. The van der Waals surface area contributed by atoms with Gasteiger partial charge in [0.2, 0.25) is 0 Å². The van der Waals surface area contributed by atoms with E-state index in [4.69, 9.17) is 4.74 Å². The maximum absolute atomic E-state index is 5.22. The molecule has 0 saturated carbocycles. The van der Waals surface area contributed by atoms with E-state index in [1.807, 2.05) is 6.21 Å². The largest absolute Gasteiger partial charge is 0.497 e. The molecule has 1 aliphatic rings. The smallest absolute Gasteiger partial charge is 0.119 e. The van der Waals surface area contributed by atoms with E-state index >= 15 is 0 Å². The minimum absolute atomic E-state index is 0.902. The molecule has 0 fully saturated rings. The summed E-state index contributed by atoms with van der Waals surface area (Å²) in [7, 11) is 1.71. The van der Waals surface area contributed by atoms with Gasteiger partial charge in [0, 0.05) is 12.8 Å². The molecule has 0 N–H and O–H groups in total. The fraction of sp³-hybridized carbons (Fsp3) is 0.364. The van der Waals surface area contributed by atoms with Crippen molar-refractivity contribution in [2.75, 3.05) is 13.7 Å². The van der Waals surface area contributed by atoms with Gasteiger partial charge in [-0.3, -0.25) is 4.99 Å². The molecule has 1 aromatic rings. The van der Waals surface area contributed by atoms with Crippen LogP contribution >= 0.6 is 0 Å². The lowest BCUT2D eigenvalue weighted by atomic mass is 9.98. The second-order valence-electron chi connectivity index (χ2n) is 3.30. The number of nitrogens with zero attached hydrogens (tertiary/aromatic N) is 1. The molecule has 0 unspecified atom stereocenters. The predicted molar refractivity (Wildman–Crippen MR) is 53.9 cm³/mol. The summed E-state index contributed by atoms with van der Waals surface area (Å²) >= 11 is 0. The molecule has 1 aliphatic heterocycles. The lowest BCUT2D eigenvalue weighted by Gasteiger charge is -2.13. The third-order valence-electron chi connectivity index (χ3n) is 2.41. The molecular formula is C11H13NO. The molecule has 0 aliphatic carbocycles. The van der Waals surface area contributed by atoms with Crippen LogP contribution in [0.25, 0.3) is 0 Å². The van der Waals surface area contributed by atoms with Gasteiger partial charge in [-0.25, -0.2) is 0 Å². The van der Waals surface area contributed by atoms with Crippen LogP contribution in [0.4, 0.5) is 0 Å². The number of benzene rings is 1. The highest BCUT2D eigenvalue weighted by molar-refractivity contribution is 5.85. The summed E-state index contributed by atoms with van der Waals surface area (Å²) in [5.74, 6) is 0.951. The summed E-state index contributed by atoms with van der Waals surface area (Å²) in [4.78, 5) is 4.27. The number of rotatable bonds is 1. The van der Waals surface area contributed by atoms with Gasteiger partial charge in [-0.2, -0.15) is 0 Å². The molecule has 2 nitrogen and oxygen atoms in total. The summed E-state index contributed by atoms with van der Waals surface area (Å²) in [6, 6.07) is 4.16. The molecule has 1 heterocycles. The number of hydrogen-bond donors (Lipinski definition) is 0. The van der Waals surface area contributed by atoms with Crippen LogP contribution < -0.4 is 4.74 Å². The monoisotopic (exact) mass is 175 g/mol. The van der Waals surface area contributed by atoms with Crippen LogP contribution in [0.3, 0.4) is 0 Å². The first-order valence-electron chi connectivity index (χ1n) is 4.48. The van der Waals surface area contributed by atoms with E-state index in [1.165, 1.54) is 16.7 Å². The van der Waals surface area contributed by atoms with E-state index in [9.17, 15) is 0 Å². The minimum atomic E-state index is 0.902. The zero-order valence-corrected chi connectivity index (χ0v) is 8.00. The van der Waals surface area contributed by atoms with Crippen LogP contribution in [0, 0.1) is 6.92 Å². The molecule has 2 heteroatoms. The normalized spacial score (nSPS) is 14.0. The van der Waals surface area contributed by atoms with E-state index < -0.39 is 0 Å². The minimum Gasteiger partial charge on any atom is -0.497 e. The number of fused-ring (bicyclic) bond motifs is 1. The SMILES string of the molecule is COc1cc(C)c2c(c1)CCN=C2. The summed E-state index contributed by atoms with van der Waals surface area (Å²) in [5.41, 5.74) is 3.87. The molecule has 0 amide bonds. The zero-order chi connectivity index (χ0) is 9.26. The molecule has 13 heavy (non-hydrogen) atoms. The van der Waals surface area contributed by atoms with Gasteiger partial charge < -0.3 is 4.74 Å². The van der Waals surface area contributed by atoms with Crippen LogP contribution in [0.2, 0.25) is 0 Å². The predicted octanol–water partition coefficient (Wildman–Crippen LogP) is 1.98. The van der Waals surface area contributed by atoms with Crippen molar-refractivity contribution in [3.63, 3.8) is 0 Å². The molecule has 1 aromatic carbocycles. The van der Waals surface area contributed by atoms with E-state index in [1.54, 1.807) is 7.11 Å². The van der Waals surface area contributed by atoms with Crippen molar-refractivity contribution >= 4 is 6.21 Å². The number of aryl methyl sites for hydroxylation is 1. The third-order valence-corrected chi connectivity index (χ3v) is 2.41. The highest BCUT2D eigenvalue weighted by Gasteiger charge is 2.09. The lowest BCUT2D eigenvalue weighted by molar-refractivity contribution is 0.414. The average Bonchev–Trinajstić information content (AvgIpc) is 2.18. The number of ether oxygens (including phenoxy) is 1. The van der Waals surface area contributed by atoms with Crippen molar-refractivity contribution in [2.24, 2.45) is 4.99 Å². The second-order valence-corrected chi connectivity index (χ2v) is 3.30. The summed E-state index contributed by atoms with van der Waals surface area (Å²) < 4.78 is 5.22. The Morgan fingerprint density at radius 3 is 3.00 bits per heavy atom. The Morgan fingerprint density at radius 1 is 1.38 bits per heavy atom. The van der Waals surface area contributed by atoms with E-state index in [2.05, 4.69) is 24.0 Å². The van der Waals surface area contributed by atoms with Gasteiger partial charge in [0.15, 0.2) is 0 Å². The molecular weight excluding hydrogens is 162 g/mol. The first kappa shape index (κ1) is 8.30. The first-order chi connectivity index (χ1) is 6.31. The fourth-order valence-corrected chi connectivity index (χ4v) is 1.69. The van der Waals surface area contributed by atoms with Crippen LogP contribution in [0.1, 0.15) is 16.7 Å². The standard InChI is InChI=1S/C11H13NO/c1-8-5-10(13-2)6-9-3-4-12-7-11(8)9/h5-7H,3-4H2,1-2H3. The van der Waals surface area contributed by atoms with Crippen molar-refractivity contribution in [2.45, 2.75) is 13.3 Å². The molecule has 0 spiro atoms. The van der Waals surface area contributed by atoms with Gasteiger partial charge in [-0.15, -0.1) is 0 Å². The topological polar surface area (TPSA) is 21.6 Å². The van der Waals surface area contributed by atoms with Crippen molar-refractivity contribution in [1.82, 2.24) is 0 Å². The summed E-state index contributed by atoms with van der Waals surface area (Å²) in [5, 5.41) is 0. The van der Waals surface area contributed by atoms with Gasteiger partial charge in [-0.05, 0) is 42.2 Å². The summed E-state index contributed by atoms with van der Waals surface area (Å²) in [6.07, 6.45) is 3.00. The maximum Gasteiger partial charge on any atom is 0.119 e. The Labute approximate surface area is 78.3 Å². The van der Waals surface area contributed by atoms with Crippen molar-refractivity contribution < 1.29 is 4.74 Å². The Kier molecular flexibility index (Phi) is 2.05. The molecule has 0 atom stereocenters. The van der Waals surface area contributed by atoms with Crippen molar-refractivity contribution in [3.8, 4) is 5.75 Å². The van der Waals surface area contributed by atoms with Crippen LogP contribution in [0.5, 0.6) is 5.75 Å². The number of methoxy groups -OCH3 is 1. The zero-order valence-electron chi connectivity index (χ0n) is 8.00. The van der Waals surface area contributed by atoms with E-state index in [-0.39, 0.29) is 0 Å². The Bertz CT molecular complexity index is 355. The van der Waals surface area contributed by atoms with Gasteiger partial charge in [0.1, 0.15) is 5.75 Å². The summed E-state index contributed by atoms with van der Waals surface area (Å²) in [6.45, 7) is 3.00. The molecule has 2 rings (SSSR count). The number of aliphatic imine (C=N–C) groups is 1. The third kappa shape index (κ3) is 1.44. The molecule has 0 saturated heterocycles. The second kappa shape index (κ2) is 3.21. The van der Waals surface area contributed by atoms with Crippen LogP contribution in [-0.2, 0) is 6.42 Å².